The Morgan fingerprint density at radius 3 is 2.51 bits per heavy atom. The summed E-state index contributed by atoms with van der Waals surface area (Å²) in [5.41, 5.74) is 7.77. The summed E-state index contributed by atoms with van der Waals surface area (Å²) >= 11 is 0. The van der Waals surface area contributed by atoms with Gasteiger partial charge in [-0.15, -0.1) is 0 Å². The first kappa shape index (κ1) is 22.8. The van der Waals surface area contributed by atoms with Crippen LogP contribution in [-0.2, 0) is 24.1 Å². The topological polar surface area (TPSA) is 122 Å². The molecule has 2 aliphatic rings. The number of carbonyl (C=O) groups excluding carboxylic acids is 1. The van der Waals surface area contributed by atoms with E-state index in [1.807, 2.05) is 0 Å². The van der Waals surface area contributed by atoms with Crippen LogP contribution in [0.3, 0.4) is 0 Å². The van der Waals surface area contributed by atoms with Gasteiger partial charge in [-0.1, -0.05) is 12.1 Å². The Morgan fingerprint density at radius 2 is 1.83 bits per heavy atom. The van der Waals surface area contributed by atoms with Crippen molar-refractivity contribution in [1.82, 2.24) is 19.8 Å². The van der Waals surface area contributed by atoms with Gasteiger partial charge in [-0.3, -0.25) is 4.79 Å². The highest BCUT2D eigenvalue weighted by Crippen LogP contribution is 2.34. The van der Waals surface area contributed by atoms with E-state index in [1.54, 1.807) is 6.07 Å². The van der Waals surface area contributed by atoms with Crippen molar-refractivity contribution in [2.24, 2.45) is 0 Å². The van der Waals surface area contributed by atoms with Crippen molar-refractivity contribution in [3.8, 4) is 0 Å². The number of anilines is 1. The molecule has 3 aromatic rings. The molecule has 0 saturated carbocycles. The monoisotopic (exact) mass is 487 g/mol. The number of fused-ring (bicyclic) bond motifs is 3. The summed E-state index contributed by atoms with van der Waals surface area (Å²) < 4.78 is 44.6. The summed E-state index contributed by atoms with van der Waals surface area (Å²) in [5, 5.41) is 10.1. The predicted octanol–water partition coefficient (Wildman–Crippen LogP) is 3.44. The molecule has 2 amide bonds. The van der Waals surface area contributed by atoms with Crippen molar-refractivity contribution < 1.29 is 32.6 Å². The first-order valence-electron chi connectivity index (χ1n) is 10.7. The predicted molar refractivity (Wildman–Crippen MR) is 117 cm³/mol. The molecule has 4 heterocycles. The number of ether oxygens (including phenoxy) is 1. The highest BCUT2D eigenvalue weighted by atomic mass is 19.4. The standard InChI is InChI=1S/C23H20F3N5O4/c24-23(25,26)13-3-1-12(2-4-13)19-9-30(22(33)34)5-6-31(19)21(32)17-7-14-15-10-35-11-16(15)20(27)29-18(14)8-28-17/h1-4,7-8,19H,5-6,9-11H2,(H2,27,29)(H,33,34)/t19-/m1/s1. The summed E-state index contributed by atoms with van der Waals surface area (Å²) in [7, 11) is 0. The number of nitrogen functional groups attached to an aromatic ring is 1. The van der Waals surface area contributed by atoms with Crippen molar-refractivity contribution in [2.75, 3.05) is 25.4 Å². The molecule has 35 heavy (non-hydrogen) atoms. The first-order chi connectivity index (χ1) is 16.6. The highest BCUT2D eigenvalue weighted by molar-refractivity contribution is 5.97. The molecule has 5 rings (SSSR count). The fourth-order valence-electron chi connectivity index (χ4n) is 4.52. The number of nitrogens with zero attached hydrogens (tertiary/aromatic N) is 4. The van der Waals surface area contributed by atoms with Crippen molar-refractivity contribution in [2.45, 2.75) is 25.4 Å². The summed E-state index contributed by atoms with van der Waals surface area (Å²) in [5.74, 6) is -0.121. The Labute approximate surface area is 196 Å². The molecule has 0 bridgehead atoms. The lowest BCUT2D eigenvalue weighted by atomic mass is 9.99. The minimum absolute atomic E-state index is 0.0533. The van der Waals surface area contributed by atoms with Crippen LogP contribution in [0, 0.1) is 0 Å². The third-order valence-corrected chi connectivity index (χ3v) is 6.37. The van der Waals surface area contributed by atoms with Gasteiger partial charge in [0.05, 0.1) is 36.5 Å². The van der Waals surface area contributed by atoms with Gasteiger partial charge >= 0.3 is 12.3 Å². The van der Waals surface area contributed by atoms with Crippen molar-refractivity contribution in [3.05, 3.63) is 64.5 Å². The zero-order valence-electron chi connectivity index (χ0n) is 18.2. The molecule has 1 atom stereocenters. The van der Waals surface area contributed by atoms with Gasteiger partial charge in [-0.05, 0) is 29.3 Å². The second-order valence-electron chi connectivity index (χ2n) is 8.40. The minimum atomic E-state index is -4.51. The van der Waals surface area contributed by atoms with Crippen LogP contribution in [0.25, 0.3) is 10.9 Å². The summed E-state index contributed by atoms with van der Waals surface area (Å²) in [4.78, 5) is 36.3. The molecule has 2 aromatic heterocycles. The van der Waals surface area contributed by atoms with Crippen LogP contribution in [0.2, 0.25) is 0 Å². The molecule has 1 aromatic carbocycles. The van der Waals surface area contributed by atoms with E-state index in [1.165, 1.54) is 23.2 Å². The maximum atomic E-state index is 13.5. The van der Waals surface area contributed by atoms with E-state index in [0.29, 0.717) is 35.5 Å². The normalized spacial score (nSPS) is 18.1. The highest BCUT2D eigenvalue weighted by Gasteiger charge is 2.36. The van der Waals surface area contributed by atoms with E-state index >= 15 is 0 Å². The van der Waals surface area contributed by atoms with Gasteiger partial charge in [-0.2, -0.15) is 13.2 Å². The van der Waals surface area contributed by atoms with Gasteiger partial charge in [0.2, 0.25) is 0 Å². The molecule has 0 aliphatic carbocycles. The second-order valence-corrected chi connectivity index (χ2v) is 8.40. The third-order valence-electron chi connectivity index (χ3n) is 6.37. The summed E-state index contributed by atoms with van der Waals surface area (Å²) in [6, 6.07) is 5.20. The molecular weight excluding hydrogens is 467 g/mol. The van der Waals surface area contributed by atoms with Crippen LogP contribution in [0.5, 0.6) is 0 Å². The molecule has 1 fully saturated rings. The quantitative estimate of drug-likeness (QED) is 0.568. The van der Waals surface area contributed by atoms with Crippen LogP contribution >= 0.6 is 0 Å². The van der Waals surface area contributed by atoms with Crippen LogP contribution in [0.4, 0.5) is 23.8 Å². The summed E-state index contributed by atoms with van der Waals surface area (Å²) in [6.07, 6.45) is -4.24. The molecule has 3 N–H and O–H groups in total. The molecular formula is C23H20F3N5O4. The number of alkyl halides is 3. The molecule has 1 saturated heterocycles. The van der Waals surface area contributed by atoms with E-state index < -0.39 is 29.8 Å². The fourth-order valence-corrected chi connectivity index (χ4v) is 4.52. The number of aromatic nitrogens is 2. The number of halogens is 3. The Balaban J connectivity index is 1.51. The average molecular weight is 487 g/mol. The number of pyridine rings is 2. The van der Waals surface area contributed by atoms with Crippen LogP contribution in [0.15, 0.2) is 36.5 Å². The van der Waals surface area contributed by atoms with Crippen molar-refractivity contribution in [3.63, 3.8) is 0 Å². The van der Waals surface area contributed by atoms with Crippen molar-refractivity contribution in [1.29, 1.82) is 0 Å². The van der Waals surface area contributed by atoms with Gasteiger partial charge in [0.25, 0.3) is 5.91 Å². The van der Waals surface area contributed by atoms with Crippen molar-refractivity contribution >= 4 is 28.7 Å². The third kappa shape index (κ3) is 4.09. The van der Waals surface area contributed by atoms with Gasteiger partial charge in [-0.25, -0.2) is 14.8 Å². The smallest absolute Gasteiger partial charge is 0.416 e. The Kier molecular flexibility index (Phi) is 5.47. The maximum absolute atomic E-state index is 13.5. The zero-order chi connectivity index (χ0) is 24.9. The van der Waals surface area contributed by atoms with E-state index in [-0.39, 0.29) is 25.3 Å². The van der Waals surface area contributed by atoms with E-state index in [0.717, 1.165) is 28.2 Å². The average Bonchev–Trinajstić information content (AvgIpc) is 3.34. The van der Waals surface area contributed by atoms with E-state index in [2.05, 4.69) is 9.97 Å². The number of benzene rings is 1. The van der Waals surface area contributed by atoms with E-state index in [9.17, 15) is 27.9 Å². The second kappa shape index (κ2) is 8.38. The molecule has 9 nitrogen and oxygen atoms in total. The Hall–Kier alpha value is -3.93. The maximum Gasteiger partial charge on any atom is 0.416 e. The molecule has 2 aliphatic heterocycles. The van der Waals surface area contributed by atoms with E-state index in [4.69, 9.17) is 10.5 Å². The number of amides is 2. The lowest BCUT2D eigenvalue weighted by Crippen LogP contribution is -2.52. The number of rotatable bonds is 2. The SMILES string of the molecule is Nc1nc2cnc(C(=O)N3CCN(C(=O)O)C[C@@H]3c3ccc(C(F)(F)F)cc3)cc2c2c1COC2. The van der Waals surface area contributed by atoms with Crippen LogP contribution in [0.1, 0.15) is 38.8 Å². The van der Waals surface area contributed by atoms with Gasteiger partial charge in [0.15, 0.2) is 0 Å². The summed E-state index contributed by atoms with van der Waals surface area (Å²) in [6.45, 7) is 0.677. The molecule has 0 spiro atoms. The van der Waals surface area contributed by atoms with Gasteiger partial charge in [0.1, 0.15) is 11.5 Å². The van der Waals surface area contributed by atoms with Gasteiger partial charge < -0.3 is 25.4 Å². The number of hydrogen-bond donors (Lipinski definition) is 2. The lowest BCUT2D eigenvalue weighted by molar-refractivity contribution is -0.137. The number of piperazine rings is 1. The van der Waals surface area contributed by atoms with Crippen LogP contribution in [-0.4, -0.2) is 56.5 Å². The first-order valence-corrected chi connectivity index (χ1v) is 10.7. The number of hydrogen-bond acceptors (Lipinski definition) is 6. The number of carbonyl (C=O) groups is 2. The van der Waals surface area contributed by atoms with Gasteiger partial charge in [0, 0.05) is 30.6 Å². The molecule has 12 heteroatoms. The molecule has 182 valence electrons. The van der Waals surface area contributed by atoms with Crippen LogP contribution < -0.4 is 5.73 Å². The molecule has 0 radical (unpaired) electrons. The minimum Gasteiger partial charge on any atom is -0.465 e. The largest absolute Gasteiger partial charge is 0.465 e. The Morgan fingerprint density at radius 1 is 1.11 bits per heavy atom. The molecule has 0 unspecified atom stereocenters. The number of carboxylic acid groups (broad SMARTS) is 1. The number of nitrogens with two attached hydrogens (primary N) is 1. The Bertz CT molecular complexity index is 1330. The fraction of sp³-hybridized carbons (Fsp3) is 0.304. The zero-order valence-corrected chi connectivity index (χ0v) is 18.2. The lowest BCUT2D eigenvalue weighted by Gasteiger charge is -2.40.